The number of hydrogen-bond acceptors (Lipinski definition) is 6. The molecule has 12 heteroatoms. The first-order valence-electron chi connectivity index (χ1n) is 19.4. The molecule has 6 N–H and O–H groups in total. The van der Waals surface area contributed by atoms with Crippen LogP contribution < -0.4 is 26.6 Å². The number of hydrogen-bond donors (Lipinski definition) is 6. The van der Waals surface area contributed by atoms with Crippen molar-refractivity contribution < 1.29 is 33.9 Å². The van der Waals surface area contributed by atoms with Gasteiger partial charge in [0.1, 0.15) is 0 Å². The van der Waals surface area contributed by atoms with Crippen LogP contribution in [0.1, 0.15) is 87.4 Å². The maximum atomic E-state index is 13.2. The number of carbonyl (C=O) groups is 6. The van der Waals surface area contributed by atoms with E-state index in [1.165, 1.54) is 51.3 Å². The number of carbonyl (C=O) groups excluding carboxylic acids is 5. The number of anilines is 4. The molecule has 59 heavy (non-hydrogen) atoms. The lowest BCUT2D eigenvalue weighted by Gasteiger charge is -2.22. The number of nitrogens with one attached hydrogen (secondary N) is 5. The SMILES string of the molecule is CC(=O)Nc1ccc(NC(=O)c2cccc3ccccc23)c(C(=O)NCC2CCCCC2)c1.CC(=O)Nc1ccc(NC(=O)c2cccc3ccccc23)c(C(=O)O)c1. The van der Waals surface area contributed by atoms with Crippen LogP contribution >= 0.6 is 0 Å². The third kappa shape index (κ3) is 10.7. The fraction of sp³-hybridized carbons (Fsp3) is 0.191. The first-order valence-corrected chi connectivity index (χ1v) is 19.4. The normalized spacial score (nSPS) is 12.4. The van der Waals surface area contributed by atoms with Crippen molar-refractivity contribution >= 4 is 79.8 Å². The molecule has 5 amide bonds. The molecule has 6 aromatic carbocycles. The summed E-state index contributed by atoms with van der Waals surface area (Å²) in [5.41, 5.74) is 2.62. The van der Waals surface area contributed by atoms with Crippen LogP contribution in [0.4, 0.5) is 22.7 Å². The number of aromatic carboxylic acids is 1. The summed E-state index contributed by atoms with van der Waals surface area (Å²) in [5, 5.41) is 26.7. The Kier molecular flexibility index (Phi) is 13.4. The topological polar surface area (TPSA) is 183 Å². The first kappa shape index (κ1) is 41.3. The summed E-state index contributed by atoms with van der Waals surface area (Å²) < 4.78 is 0. The number of carboxylic acid groups (broad SMARTS) is 1. The number of amides is 5. The molecular weight excluding hydrogens is 747 g/mol. The molecule has 6 aromatic rings. The first-order chi connectivity index (χ1) is 28.5. The molecule has 1 aliphatic rings. The van der Waals surface area contributed by atoms with Gasteiger partial charge in [0.2, 0.25) is 11.8 Å². The second-order valence-electron chi connectivity index (χ2n) is 14.4. The van der Waals surface area contributed by atoms with Crippen molar-refractivity contribution in [3.63, 3.8) is 0 Å². The summed E-state index contributed by atoms with van der Waals surface area (Å²) in [4.78, 5) is 73.1. The third-order valence-electron chi connectivity index (χ3n) is 10.00. The second kappa shape index (κ2) is 19.2. The lowest BCUT2D eigenvalue weighted by atomic mass is 9.89. The third-order valence-corrected chi connectivity index (χ3v) is 10.00. The maximum absolute atomic E-state index is 13.2. The Bertz CT molecular complexity index is 2550. The van der Waals surface area contributed by atoms with Gasteiger partial charge in [0.15, 0.2) is 0 Å². The highest BCUT2D eigenvalue weighted by Crippen LogP contribution is 2.27. The van der Waals surface area contributed by atoms with Gasteiger partial charge in [-0.3, -0.25) is 24.0 Å². The van der Waals surface area contributed by atoms with E-state index >= 15 is 0 Å². The van der Waals surface area contributed by atoms with Crippen molar-refractivity contribution in [2.45, 2.75) is 46.0 Å². The average Bonchev–Trinajstić information content (AvgIpc) is 3.23. The predicted molar refractivity (Wildman–Crippen MR) is 231 cm³/mol. The van der Waals surface area contributed by atoms with Crippen LogP contribution in [0.2, 0.25) is 0 Å². The summed E-state index contributed by atoms with van der Waals surface area (Å²) in [6, 6.07) is 35.3. The van der Waals surface area contributed by atoms with Crippen LogP contribution in [0.25, 0.3) is 21.5 Å². The van der Waals surface area contributed by atoms with E-state index in [0.29, 0.717) is 46.2 Å². The van der Waals surface area contributed by atoms with Gasteiger partial charge in [-0.25, -0.2) is 4.79 Å². The Balaban J connectivity index is 0.000000204. The minimum absolute atomic E-state index is 0.107. The van der Waals surface area contributed by atoms with E-state index in [2.05, 4.69) is 26.6 Å². The Hall–Kier alpha value is -7.34. The van der Waals surface area contributed by atoms with E-state index in [1.807, 2.05) is 66.7 Å². The molecule has 1 aliphatic carbocycles. The molecule has 0 unspecified atom stereocenters. The Morgan fingerprint density at radius 1 is 0.508 bits per heavy atom. The summed E-state index contributed by atoms with van der Waals surface area (Å²) in [7, 11) is 0. The second-order valence-corrected chi connectivity index (χ2v) is 14.4. The lowest BCUT2D eigenvalue weighted by Crippen LogP contribution is -2.31. The van der Waals surface area contributed by atoms with Gasteiger partial charge in [0.25, 0.3) is 17.7 Å². The highest BCUT2D eigenvalue weighted by atomic mass is 16.4. The molecule has 1 saturated carbocycles. The number of fused-ring (bicyclic) bond motifs is 2. The van der Waals surface area contributed by atoms with Crippen LogP contribution in [0.5, 0.6) is 0 Å². The molecule has 0 radical (unpaired) electrons. The van der Waals surface area contributed by atoms with E-state index in [4.69, 9.17) is 0 Å². The molecule has 300 valence electrons. The summed E-state index contributed by atoms with van der Waals surface area (Å²) in [6.07, 6.45) is 5.90. The number of rotatable bonds is 10. The zero-order valence-electron chi connectivity index (χ0n) is 32.8. The van der Waals surface area contributed by atoms with Crippen LogP contribution in [0.3, 0.4) is 0 Å². The van der Waals surface area contributed by atoms with E-state index in [9.17, 15) is 33.9 Å². The van der Waals surface area contributed by atoms with Gasteiger partial charge in [-0.05, 0) is 88.8 Å². The summed E-state index contributed by atoms with van der Waals surface area (Å²) in [5.74, 6) is -2.22. The standard InChI is InChI=1S/C27H29N3O3.C20H16N2O4/c1-18(31)29-21-14-15-25(24(16-21)26(32)28-17-19-8-3-2-4-9-19)30-27(33)23-13-7-11-20-10-5-6-12-22(20)23;1-12(23)21-14-9-10-18(17(11-14)20(25)26)22-19(24)16-8-4-6-13-5-2-3-7-15(13)16/h5-7,10-16,19H,2-4,8-9,17H2,1H3,(H,28,32)(H,29,31)(H,30,33);2-11H,1H3,(H,21,23)(H,22,24)(H,25,26). The molecule has 0 bridgehead atoms. The van der Waals surface area contributed by atoms with Crippen molar-refractivity contribution in [3.05, 3.63) is 144 Å². The molecule has 7 rings (SSSR count). The van der Waals surface area contributed by atoms with Crippen molar-refractivity contribution in [3.8, 4) is 0 Å². The van der Waals surface area contributed by atoms with Crippen molar-refractivity contribution in [1.82, 2.24) is 5.32 Å². The monoisotopic (exact) mass is 791 g/mol. The molecule has 12 nitrogen and oxygen atoms in total. The van der Waals surface area contributed by atoms with Crippen molar-refractivity contribution in [2.75, 3.05) is 27.8 Å². The van der Waals surface area contributed by atoms with Crippen molar-refractivity contribution in [2.24, 2.45) is 5.92 Å². The zero-order chi connectivity index (χ0) is 41.9. The average molecular weight is 792 g/mol. The number of benzene rings is 6. The fourth-order valence-electron chi connectivity index (χ4n) is 7.18. The van der Waals surface area contributed by atoms with Gasteiger partial charge in [-0.2, -0.15) is 0 Å². The lowest BCUT2D eigenvalue weighted by molar-refractivity contribution is -0.115. The highest BCUT2D eigenvalue weighted by Gasteiger charge is 2.20. The maximum Gasteiger partial charge on any atom is 0.337 e. The summed E-state index contributed by atoms with van der Waals surface area (Å²) >= 11 is 0. The van der Waals surface area contributed by atoms with Gasteiger partial charge in [0, 0.05) is 42.9 Å². The van der Waals surface area contributed by atoms with E-state index in [1.54, 1.807) is 36.4 Å². The van der Waals surface area contributed by atoms with Crippen LogP contribution in [-0.2, 0) is 9.59 Å². The zero-order valence-corrected chi connectivity index (χ0v) is 32.8. The van der Waals surface area contributed by atoms with Crippen LogP contribution in [0.15, 0.2) is 121 Å². The highest BCUT2D eigenvalue weighted by molar-refractivity contribution is 6.16. The van der Waals surface area contributed by atoms with E-state index in [-0.39, 0.29) is 34.9 Å². The summed E-state index contributed by atoms with van der Waals surface area (Å²) in [6.45, 7) is 3.36. The Morgan fingerprint density at radius 3 is 1.46 bits per heavy atom. The Morgan fingerprint density at radius 2 is 0.966 bits per heavy atom. The van der Waals surface area contributed by atoms with Gasteiger partial charge in [-0.15, -0.1) is 0 Å². The molecule has 0 aromatic heterocycles. The molecular formula is C47H45N5O7. The van der Waals surface area contributed by atoms with Crippen LogP contribution in [0, 0.1) is 5.92 Å². The molecule has 0 saturated heterocycles. The minimum atomic E-state index is -1.20. The molecule has 0 spiro atoms. The minimum Gasteiger partial charge on any atom is -0.478 e. The van der Waals surface area contributed by atoms with E-state index in [0.717, 1.165) is 34.4 Å². The molecule has 1 fully saturated rings. The quantitative estimate of drug-likeness (QED) is 0.0800. The predicted octanol–water partition coefficient (Wildman–Crippen LogP) is 9.11. The van der Waals surface area contributed by atoms with Gasteiger partial charge >= 0.3 is 5.97 Å². The van der Waals surface area contributed by atoms with Gasteiger partial charge in [0.05, 0.1) is 22.5 Å². The van der Waals surface area contributed by atoms with Crippen LogP contribution in [-0.4, -0.2) is 47.2 Å². The fourth-order valence-corrected chi connectivity index (χ4v) is 7.18. The van der Waals surface area contributed by atoms with Crippen molar-refractivity contribution in [1.29, 1.82) is 0 Å². The molecule has 0 heterocycles. The smallest absolute Gasteiger partial charge is 0.337 e. The molecule has 0 aliphatic heterocycles. The Labute approximate surface area is 341 Å². The van der Waals surface area contributed by atoms with Gasteiger partial charge < -0.3 is 31.7 Å². The largest absolute Gasteiger partial charge is 0.478 e. The number of carboxylic acids is 1. The molecule has 0 atom stereocenters. The van der Waals surface area contributed by atoms with Gasteiger partial charge in [-0.1, -0.05) is 92.1 Å². The van der Waals surface area contributed by atoms with E-state index < -0.39 is 11.9 Å².